The van der Waals surface area contributed by atoms with Crippen LogP contribution in [0.15, 0.2) is 24.3 Å². The molecule has 0 radical (unpaired) electrons. The number of Topliss-reactive ketones (excluding diaryl/α,β-unsaturated/α-hetero) is 1. The summed E-state index contributed by atoms with van der Waals surface area (Å²) in [6.45, 7) is 7.17. The average molecular weight is 288 g/mol. The third-order valence-electron chi connectivity index (χ3n) is 4.67. The van der Waals surface area contributed by atoms with Crippen LogP contribution in [-0.2, 0) is 11.2 Å². The Kier molecular flexibility index (Phi) is 4.47. The summed E-state index contributed by atoms with van der Waals surface area (Å²) in [6, 6.07) is 7.55. The Morgan fingerprint density at radius 1 is 1.33 bits per heavy atom. The first-order valence-corrected chi connectivity index (χ1v) is 7.54. The Bertz CT molecular complexity index is 538. The second-order valence-electron chi connectivity index (χ2n) is 6.24. The smallest absolute Gasteiger partial charge is 0.224 e. The number of carbonyl (C=O) groups is 2. The van der Waals surface area contributed by atoms with Crippen molar-refractivity contribution in [3.63, 3.8) is 0 Å². The van der Waals surface area contributed by atoms with Gasteiger partial charge in [-0.25, -0.2) is 0 Å². The van der Waals surface area contributed by atoms with Crippen LogP contribution in [0.1, 0.15) is 43.1 Å². The van der Waals surface area contributed by atoms with Gasteiger partial charge in [0, 0.05) is 12.1 Å². The van der Waals surface area contributed by atoms with Crippen molar-refractivity contribution in [2.45, 2.75) is 39.7 Å². The first-order valence-electron chi connectivity index (χ1n) is 7.54. The minimum atomic E-state index is -0.513. The van der Waals surface area contributed by atoms with E-state index in [1.807, 2.05) is 38.1 Å². The largest absolute Gasteiger partial charge is 0.369 e. The molecule has 2 N–H and O–H groups in total. The van der Waals surface area contributed by atoms with Crippen molar-refractivity contribution >= 4 is 11.7 Å². The number of nitrogens with two attached hydrogens (primary N) is 1. The van der Waals surface area contributed by atoms with E-state index >= 15 is 0 Å². The van der Waals surface area contributed by atoms with E-state index in [1.165, 1.54) is 5.56 Å². The lowest BCUT2D eigenvalue weighted by Crippen LogP contribution is -2.42. The van der Waals surface area contributed by atoms with Crippen LogP contribution in [0.4, 0.5) is 0 Å². The van der Waals surface area contributed by atoms with Crippen LogP contribution >= 0.6 is 0 Å². The highest BCUT2D eigenvalue weighted by Gasteiger charge is 2.41. The van der Waals surface area contributed by atoms with Gasteiger partial charge in [-0.05, 0) is 38.8 Å². The summed E-state index contributed by atoms with van der Waals surface area (Å²) in [5, 5.41) is 0. The van der Waals surface area contributed by atoms with Gasteiger partial charge in [-0.1, -0.05) is 31.2 Å². The van der Waals surface area contributed by atoms with Crippen LogP contribution in [0.5, 0.6) is 0 Å². The molecule has 0 aliphatic carbocycles. The van der Waals surface area contributed by atoms with E-state index in [4.69, 9.17) is 5.73 Å². The molecule has 1 aromatic rings. The number of benzene rings is 1. The zero-order valence-corrected chi connectivity index (χ0v) is 13.1. The molecular weight excluding hydrogens is 264 g/mol. The van der Waals surface area contributed by atoms with Crippen LogP contribution in [-0.4, -0.2) is 35.7 Å². The molecule has 4 nitrogen and oxygen atoms in total. The summed E-state index contributed by atoms with van der Waals surface area (Å²) in [5.41, 5.74) is 6.90. The van der Waals surface area contributed by atoms with Gasteiger partial charge in [-0.15, -0.1) is 0 Å². The molecule has 2 unspecified atom stereocenters. The quantitative estimate of drug-likeness (QED) is 0.843. The normalized spacial score (nSPS) is 24.0. The lowest BCUT2D eigenvalue weighted by atomic mass is 9.89. The highest BCUT2D eigenvalue weighted by atomic mass is 16.1. The van der Waals surface area contributed by atoms with Crippen molar-refractivity contribution < 1.29 is 9.59 Å². The topological polar surface area (TPSA) is 63.4 Å². The summed E-state index contributed by atoms with van der Waals surface area (Å²) < 4.78 is 0. The van der Waals surface area contributed by atoms with Gasteiger partial charge in [-0.2, -0.15) is 0 Å². The SMILES string of the molecule is CCc1ccc(C(=O)C(C)N2CCC(C)(C(N)=O)C2)cc1. The maximum Gasteiger partial charge on any atom is 0.224 e. The van der Waals surface area contributed by atoms with Crippen LogP contribution in [0, 0.1) is 5.41 Å². The number of hydrogen-bond donors (Lipinski definition) is 1. The van der Waals surface area contributed by atoms with Gasteiger partial charge in [0.05, 0.1) is 11.5 Å². The zero-order valence-electron chi connectivity index (χ0n) is 13.1. The highest BCUT2D eigenvalue weighted by Crippen LogP contribution is 2.31. The van der Waals surface area contributed by atoms with Crippen molar-refractivity contribution in [3.8, 4) is 0 Å². The fourth-order valence-corrected chi connectivity index (χ4v) is 2.84. The Morgan fingerprint density at radius 3 is 2.43 bits per heavy atom. The molecule has 1 saturated heterocycles. The van der Waals surface area contributed by atoms with Crippen LogP contribution in [0.3, 0.4) is 0 Å². The average Bonchev–Trinajstić information content (AvgIpc) is 2.90. The van der Waals surface area contributed by atoms with Crippen molar-refractivity contribution in [3.05, 3.63) is 35.4 Å². The molecule has 1 fully saturated rings. The number of nitrogens with zero attached hydrogens (tertiary/aromatic N) is 1. The van der Waals surface area contributed by atoms with Crippen LogP contribution in [0.25, 0.3) is 0 Å². The molecular formula is C17H24N2O2. The molecule has 0 aromatic heterocycles. The second-order valence-corrected chi connectivity index (χ2v) is 6.24. The third kappa shape index (κ3) is 3.16. The van der Waals surface area contributed by atoms with Gasteiger partial charge < -0.3 is 5.73 Å². The van der Waals surface area contributed by atoms with E-state index in [-0.39, 0.29) is 17.7 Å². The molecule has 1 aliphatic rings. The van der Waals surface area contributed by atoms with Gasteiger partial charge in [0.15, 0.2) is 5.78 Å². The van der Waals surface area contributed by atoms with Crippen molar-refractivity contribution in [1.29, 1.82) is 0 Å². The Hall–Kier alpha value is -1.68. The summed E-state index contributed by atoms with van der Waals surface area (Å²) in [6.07, 6.45) is 1.68. The number of primary amides is 1. The van der Waals surface area contributed by atoms with E-state index in [9.17, 15) is 9.59 Å². The molecule has 1 aromatic carbocycles. The molecule has 1 heterocycles. The standard InChI is InChI=1S/C17H24N2O2/c1-4-13-5-7-14(8-6-13)15(20)12(2)19-10-9-17(3,11-19)16(18)21/h5-8,12H,4,9-11H2,1-3H3,(H2,18,21). The fourth-order valence-electron chi connectivity index (χ4n) is 2.84. The first kappa shape index (κ1) is 15.7. The lowest BCUT2D eigenvalue weighted by molar-refractivity contribution is -0.126. The second kappa shape index (κ2) is 5.98. The molecule has 2 atom stereocenters. The number of hydrogen-bond acceptors (Lipinski definition) is 3. The van der Waals surface area contributed by atoms with E-state index in [2.05, 4.69) is 11.8 Å². The molecule has 2 rings (SSSR count). The van der Waals surface area contributed by atoms with Crippen LogP contribution in [0.2, 0.25) is 0 Å². The zero-order chi connectivity index (χ0) is 15.6. The predicted molar refractivity (Wildman–Crippen MR) is 83.1 cm³/mol. The Balaban J connectivity index is 2.07. The number of likely N-dealkylation sites (tertiary alicyclic amines) is 1. The van der Waals surface area contributed by atoms with Gasteiger partial charge in [-0.3, -0.25) is 14.5 Å². The monoisotopic (exact) mass is 288 g/mol. The number of carbonyl (C=O) groups excluding carboxylic acids is 2. The van der Waals surface area contributed by atoms with Gasteiger partial charge in [0.2, 0.25) is 5.91 Å². The molecule has 4 heteroatoms. The minimum Gasteiger partial charge on any atom is -0.369 e. The number of amides is 1. The van der Waals surface area contributed by atoms with E-state index in [0.29, 0.717) is 13.0 Å². The molecule has 114 valence electrons. The van der Waals surface area contributed by atoms with Gasteiger partial charge in [0.25, 0.3) is 0 Å². The Morgan fingerprint density at radius 2 is 1.95 bits per heavy atom. The van der Waals surface area contributed by atoms with Gasteiger partial charge >= 0.3 is 0 Å². The minimum absolute atomic E-state index is 0.103. The molecule has 0 bridgehead atoms. The summed E-state index contributed by atoms with van der Waals surface area (Å²) in [4.78, 5) is 26.1. The number of ketones is 1. The predicted octanol–water partition coefficient (Wildman–Crippen LogP) is 2.02. The molecule has 21 heavy (non-hydrogen) atoms. The summed E-state index contributed by atoms with van der Waals surface area (Å²) in [7, 11) is 0. The molecule has 0 saturated carbocycles. The van der Waals surface area contributed by atoms with E-state index < -0.39 is 5.41 Å². The van der Waals surface area contributed by atoms with Crippen molar-refractivity contribution in [2.75, 3.05) is 13.1 Å². The molecule has 0 spiro atoms. The number of aryl methyl sites for hydroxylation is 1. The molecule has 1 aliphatic heterocycles. The van der Waals surface area contributed by atoms with Crippen LogP contribution < -0.4 is 5.73 Å². The molecule has 1 amide bonds. The maximum atomic E-state index is 12.6. The third-order valence-corrected chi connectivity index (χ3v) is 4.67. The van der Waals surface area contributed by atoms with E-state index in [1.54, 1.807) is 0 Å². The summed E-state index contributed by atoms with van der Waals surface area (Å²) in [5.74, 6) is -0.177. The van der Waals surface area contributed by atoms with E-state index in [0.717, 1.165) is 18.5 Å². The van der Waals surface area contributed by atoms with Crippen molar-refractivity contribution in [2.24, 2.45) is 11.1 Å². The first-order chi connectivity index (χ1) is 9.87. The summed E-state index contributed by atoms with van der Waals surface area (Å²) >= 11 is 0. The van der Waals surface area contributed by atoms with Gasteiger partial charge in [0.1, 0.15) is 0 Å². The number of rotatable bonds is 5. The Labute approximate surface area is 126 Å². The van der Waals surface area contributed by atoms with Crippen molar-refractivity contribution in [1.82, 2.24) is 4.90 Å². The highest BCUT2D eigenvalue weighted by molar-refractivity contribution is 6.00. The lowest BCUT2D eigenvalue weighted by Gasteiger charge is -2.25. The maximum absolute atomic E-state index is 12.6. The fraction of sp³-hybridized carbons (Fsp3) is 0.529.